The number of hydrogen-bond acceptors (Lipinski definition) is 4. The van der Waals surface area contributed by atoms with Gasteiger partial charge in [-0.2, -0.15) is 30.7 Å². The summed E-state index contributed by atoms with van der Waals surface area (Å²) in [6.45, 7) is 2.12. The van der Waals surface area contributed by atoms with Crippen LogP contribution in [0.2, 0.25) is 0 Å². The highest BCUT2D eigenvalue weighted by Gasteiger charge is 2.73. The largest absolute Gasteiger partial charge is 0.460 e. The van der Waals surface area contributed by atoms with E-state index in [0.29, 0.717) is 19.4 Å². The van der Waals surface area contributed by atoms with Gasteiger partial charge in [0, 0.05) is 6.54 Å². The number of unbranched alkanes of at least 4 members (excludes halogenated alkanes) is 2. The number of alkyl halides is 7. The lowest BCUT2D eigenvalue weighted by Gasteiger charge is -2.27. The molecule has 5 nitrogen and oxygen atoms in total. The number of carbonyl (C=O) groups excluding carboxylic acids is 2. The predicted molar refractivity (Wildman–Crippen MR) is 78.1 cm³/mol. The molecule has 0 aliphatic rings. The zero-order chi connectivity index (χ0) is 20.9. The Kier molecular flexibility index (Phi) is 12.7. The van der Waals surface area contributed by atoms with Gasteiger partial charge in [0.1, 0.15) is 0 Å². The molecule has 0 aliphatic carbocycles. The number of isocyanates is 1. The van der Waals surface area contributed by atoms with E-state index in [1.165, 1.54) is 6.08 Å². The summed E-state index contributed by atoms with van der Waals surface area (Å²) in [6.07, 6.45) is -3.22. The molecule has 0 fully saturated rings. The number of nitrogens with one attached hydrogen (secondary N) is 1. The molecule has 0 rings (SSSR count). The van der Waals surface area contributed by atoms with Gasteiger partial charge in [0.15, 0.2) is 6.61 Å². The molecule has 0 bridgehead atoms. The van der Waals surface area contributed by atoms with Crippen LogP contribution in [0.5, 0.6) is 0 Å². The highest BCUT2D eigenvalue weighted by atomic mass is 19.4. The second-order valence-electron chi connectivity index (χ2n) is 4.96. The number of rotatable bonds is 9. The molecular formula is C14H21F7N2O3. The summed E-state index contributed by atoms with van der Waals surface area (Å²) in [5.74, 6) is -11.8. The van der Waals surface area contributed by atoms with Crippen molar-refractivity contribution in [2.24, 2.45) is 4.99 Å². The Morgan fingerprint density at radius 3 is 2.00 bits per heavy atom. The zero-order valence-electron chi connectivity index (χ0n) is 14.3. The number of halogens is 7. The van der Waals surface area contributed by atoms with Crippen molar-refractivity contribution >= 4 is 12.2 Å². The second-order valence-corrected chi connectivity index (χ2v) is 4.96. The fourth-order valence-corrected chi connectivity index (χ4v) is 1.16. The van der Waals surface area contributed by atoms with Crippen LogP contribution in [0.25, 0.3) is 0 Å². The maximum atomic E-state index is 12.7. The molecule has 0 spiro atoms. The minimum atomic E-state index is -6.43. The minimum Gasteiger partial charge on any atom is -0.443 e. The van der Waals surface area contributed by atoms with Crippen LogP contribution in [0.4, 0.5) is 35.5 Å². The number of amides is 1. The first-order chi connectivity index (χ1) is 11.9. The first kappa shape index (κ1) is 26.4. The van der Waals surface area contributed by atoms with E-state index in [-0.39, 0.29) is 6.54 Å². The molecule has 0 aliphatic heterocycles. The Bertz CT molecular complexity index is 450. The highest BCUT2D eigenvalue weighted by molar-refractivity contribution is 5.67. The average molecular weight is 398 g/mol. The van der Waals surface area contributed by atoms with Crippen LogP contribution in [0, 0.1) is 0 Å². The fraction of sp³-hybridized carbons (Fsp3) is 0.857. The second kappa shape index (κ2) is 12.5. The van der Waals surface area contributed by atoms with Crippen molar-refractivity contribution in [1.82, 2.24) is 5.32 Å². The molecule has 0 heterocycles. The van der Waals surface area contributed by atoms with Gasteiger partial charge in [0.25, 0.3) is 0 Å². The molecule has 0 saturated heterocycles. The molecular weight excluding hydrogens is 377 g/mol. The van der Waals surface area contributed by atoms with Crippen LogP contribution in [-0.4, -0.2) is 49.9 Å². The topological polar surface area (TPSA) is 67.8 Å². The maximum absolute atomic E-state index is 12.7. The van der Waals surface area contributed by atoms with E-state index in [2.05, 4.69) is 16.7 Å². The Balaban J connectivity index is 0. The van der Waals surface area contributed by atoms with Crippen LogP contribution in [-0.2, 0) is 9.53 Å². The Hall–Kier alpha value is -1.84. The van der Waals surface area contributed by atoms with Crippen LogP contribution in [0.1, 0.15) is 39.5 Å². The molecule has 0 aromatic carbocycles. The number of nitrogens with zero attached hydrogens (tertiary/aromatic N) is 1. The average Bonchev–Trinajstić information content (AvgIpc) is 2.53. The van der Waals surface area contributed by atoms with Crippen molar-refractivity contribution in [3.05, 3.63) is 0 Å². The molecule has 1 amide bonds. The normalized spacial score (nSPS) is 11.7. The molecule has 12 heteroatoms. The highest BCUT2D eigenvalue weighted by Crippen LogP contribution is 2.46. The van der Waals surface area contributed by atoms with E-state index in [4.69, 9.17) is 0 Å². The van der Waals surface area contributed by atoms with Crippen LogP contribution < -0.4 is 5.32 Å². The van der Waals surface area contributed by atoms with Crippen molar-refractivity contribution in [3.8, 4) is 0 Å². The third-order valence-corrected chi connectivity index (χ3v) is 2.69. The molecule has 0 aromatic rings. The van der Waals surface area contributed by atoms with Gasteiger partial charge in [-0.25, -0.2) is 14.6 Å². The molecule has 26 heavy (non-hydrogen) atoms. The first-order valence-corrected chi connectivity index (χ1v) is 7.64. The SMILES string of the molecule is CCCCN=C=O.CCCCNC(=O)OCC(F)(F)C(F)(F)C(F)(F)F. The van der Waals surface area contributed by atoms with Crippen LogP contribution in [0.3, 0.4) is 0 Å². The summed E-state index contributed by atoms with van der Waals surface area (Å²) in [5.41, 5.74) is 0. The van der Waals surface area contributed by atoms with E-state index in [0.717, 1.165) is 12.8 Å². The summed E-state index contributed by atoms with van der Waals surface area (Å²) in [4.78, 5) is 23.5. The summed E-state index contributed by atoms with van der Waals surface area (Å²) < 4.78 is 88.9. The van der Waals surface area contributed by atoms with E-state index >= 15 is 0 Å². The monoisotopic (exact) mass is 398 g/mol. The lowest BCUT2D eigenvalue weighted by atomic mass is 10.2. The Morgan fingerprint density at radius 2 is 1.58 bits per heavy atom. The predicted octanol–water partition coefficient (Wildman–Crippen LogP) is 4.47. The van der Waals surface area contributed by atoms with Gasteiger partial charge >= 0.3 is 24.1 Å². The van der Waals surface area contributed by atoms with Crippen molar-refractivity contribution in [2.45, 2.75) is 57.6 Å². The number of hydrogen-bond donors (Lipinski definition) is 1. The van der Waals surface area contributed by atoms with Crippen molar-refractivity contribution in [2.75, 3.05) is 19.7 Å². The third-order valence-electron chi connectivity index (χ3n) is 2.69. The molecule has 0 radical (unpaired) electrons. The number of aliphatic imine (C=N–C) groups is 1. The van der Waals surface area contributed by atoms with E-state index in [1.807, 2.05) is 5.32 Å². The van der Waals surface area contributed by atoms with Gasteiger partial charge in [-0.15, -0.1) is 0 Å². The third kappa shape index (κ3) is 10.2. The van der Waals surface area contributed by atoms with Gasteiger partial charge in [-0.05, 0) is 12.8 Å². The summed E-state index contributed by atoms with van der Waals surface area (Å²) in [7, 11) is 0. The van der Waals surface area contributed by atoms with Crippen molar-refractivity contribution < 1.29 is 45.1 Å². The fourth-order valence-electron chi connectivity index (χ4n) is 1.16. The minimum absolute atomic E-state index is 0.0383. The smallest absolute Gasteiger partial charge is 0.443 e. The Morgan fingerprint density at radius 1 is 1.04 bits per heavy atom. The van der Waals surface area contributed by atoms with Gasteiger partial charge in [-0.1, -0.05) is 26.7 Å². The van der Waals surface area contributed by atoms with Crippen LogP contribution >= 0.6 is 0 Å². The summed E-state index contributed by atoms with van der Waals surface area (Å²) >= 11 is 0. The first-order valence-electron chi connectivity index (χ1n) is 7.64. The molecule has 0 saturated carbocycles. The number of ether oxygens (including phenoxy) is 1. The quantitative estimate of drug-likeness (QED) is 0.270. The number of alkyl carbamates (subject to hydrolysis) is 1. The van der Waals surface area contributed by atoms with Crippen molar-refractivity contribution in [3.63, 3.8) is 0 Å². The van der Waals surface area contributed by atoms with E-state index in [1.54, 1.807) is 6.92 Å². The zero-order valence-corrected chi connectivity index (χ0v) is 14.3. The molecule has 0 aromatic heterocycles. The van der Waals surface area contributed by atoms with Gasteiger partial charge in [0.2, 0.25) is 6.08 Å². The van der Waals surface area contributed by atoms with Gasteiger partial charge in [-0.3, -0.25) is 0 Å². The van der Waals surface area contributed by atoms with Crippen molar-refractivity contribution in [1.29, 1.82) is 0 Å². The van der Waals surface area contributed by atoms with Gasteiger partial charge < -0.3 is 10.1 Å². The van der Waals surface area contributed by atoms with E-state index in [9.17, 15) is 40.3 Å². The lowest BCUT2D eigenvalue weighted by Crippen LogP contribution is -2.54. The Labute approximate surface area is 146 Å². The number of carbonyl (C=O) groups is 1. The van der Waals surface area contributed by atoms with Crippen LogP contribution in [0.15, 0.2) is 4.99 Å². The summed E-state index contributed by atoms with van der Waals surface area (Å²) in [5, 5.41) is 1.93. The van der Waals surface area contributed by atoms with Gasteiger partial charge in [0.05, 0.1) is 6.54 Å². The lowest BCUT2D eigenvalue weighted by molar-refractivity contribution is -0.359. The maximum Gasteiger partial charge on any atom is 0.460 e. The van der Waals surface area contributed by atoms with E-state index < -0.39 is 30.7 Å². The molecule has 0 unspecified atom stereocenters. The standard InChI is InChI=1S/C9H12F7NO2.C5H9NO/c1-2-3-4-17-6(18)19-5-7(10,11)8(12,13)9(14,15)16;1-2-3-4-6-5-7/h2-5H2,1H3,(H,17,18);2-4H2,1H3. The summed E-state index contributed by atoms with van der Waals surface area (Å²) in [6, 6.07) is 0. The molecule has 154 valence electrons. The molecule has 1 N–H and O–H groups in total. The molecule has 0 atom stereocenters.